The molecule has 2 aliphatic heterocycles. The van der Waals surface area contributed by atoms with E-state index in [1.54, 1.807) is 4.88 Å². The molecule has 1 N–H and O–H groups in total. The molecule has 0 bridgehead atoms. The average molecular weight is 347 g/mol. The summed E-state index contributed by atoms with van der Waals surface area (Å²) in [4.78, 5) is 11.2. The maximum atomic E-state index is 4.55. The molecule has 5 heteroatoms. The van der Waals surface area contributed by atoms with E-state index in [9.17, 15) is 0 Å². The predicted octanol–water partition coefficient (Wildman–Crippen LogP) is 2.95. The van der Waals surface area contributed by atoms with Crippen LogP contribution in [0, 0.1) is 5.41 Å². The molecular weight excluding hydrogens is 316 g/mol. The van der Waals surface area contributed by atoms with E-state index in [1.807, 2.05) is 18.4 Å². The number of nitrogens with zero attached hydrogens (tertiary/aromatic N) is 3. The molecule has 24 heavy (non-hydrogen) atoms. The van der Waals surface area contributed by atoms with Crippen LogP contribution in [0.25, 0.3) is 0 Å². The lowest BCUT2D eigenvalue weighted by molar-refractivity contribution is 0.151. The van der Waals surface area contributed by atoms with Gasteiger partial charge in [0.25, 0.3) is 0 Å². The molecule has 4 nitrogen and oxygen atoms in total. The van der Waals surface area contributed by atoms with Crippen molar-refractivity contribution in [2.24, 2.45) is 10.4 Å². The molecule has 1 saturated carbocycles. The van der Waals surface area contributed by atoms with E-state index < -0.39 is 0 Å². The Hall–Kier alpha value is -1.07. The lowest BCUT2D eigenvalue weighted by atomic mass is 9.68. The zero-order valence-electron chi connectivity index (χ0n) is 15.1. The minimum Gasteiger partial charge on any atom is -0.355 e. The third-order valence-electron chi connectivity index (χ3n) is 6.38. The van der Waals surface area contributed by atoms with Gasteiger partial charge in [-0.05, 0) is 55.0 Å². The van der Waals surface area contributed by atoms with E-state index in [1.165, 1.54) is 57.3 Å². The lowest BCUT2D eigenvalue weighted by Gasteiger charge is -2.38. The highest BCUT2D eigenvalue weighted by Gasteiger charge is 2.43. The van der Waals surface area contributed by atoms with E-state index in [2.05, 4.69) is 38.5 Å². The Kier molecular flexibility index (Phi) is 4.56. The minimum atomic E-state index is 0.537. The number of guanidine groups is 1. The Morgan fingerprint density at radius 3 is 2.96 bits per heavy atom. The van der Waals surface area contributed by atoms with Crippen molar-refractivity contribution < 1.29 is 0 Å². The van der Waals surface area contributed by atoms with E-state index in [4.69, 9.17) is 0 Å². The fraction of sp³-hybridized carbons (Fsp3) is 0.737. The molecule has 3 aliphatic rings. The van der Waals surface area contributed by atoms with Gasteiger partial charge in [-0.3, -0.25) is 9.89 Å². The summed E-state index contributed by atoms with van der Waals surface area (Å²) in [5, 5.41) is 5.89. The van der Waals surface area contributed by atoms with Crippen LogP contribution >= 0.6 is 11.3 Å². The SMILES string of the molecule is CN=C(NCC(C)N1CCc2sccc2C1)N1CCC2(CCC2)C1. The van der Waals surface area contributed by atoms with Crippen LogP contribution in [0.3, 0.4) is 0 Å². The Labute approximate surface area is 149 Å². The van der Waals surface area contributed by atoms with Crippen molar-refractivity contribution in [2.45, 2.75) is 51.6 Å². The molecule has 1 spiro atoms. The normalized spacial score (nSPS) is 24.8. The minimum absolute atomic E-state index is 0.537. The Balaban J connectivity index is 1.29. The molecule has 132 valence electrons. The van der Waals surface area contributed by atoms with Crippen LogP contribution in [0.1, 0.15) is 43.0 Å². The third-order valence-corrected chi connectivity index (χ3v) is 7.40. The third kappa shape index (κ3) is 3.08. The molecule has 4 rings (SSSR count). The van der Waals surface area contributed by atoms with Gasteiger partial charge in [-0.25, -0.2) is 0 Å². The number of likely N-dealkylation sites (tertiary alicyclic amines) is 1. The van der Waals surface area contributed by atoms with Crippen molar-refractivity contribution in [1.82, 2.24) is 15.1 Å². The van der Waals surface area contributed by atoms with Gasteiger partial charge in [-0.15, -0.1) is 11.3 Å². The van der Waals surface area contributed by atoms with Gasteiger partial charge in [-0.2, -0.15) is 0 Å². The summed E-state index contributed by atoms with van der Waals surface area (Å²) in [6.07, 6.45) is 6.84. The highest BCUT2D eigenvalue weighted by Crippen LogP contribution is 2.47. The zero-order chi connectivity index (χ0) is 16.6. The predicted molar refractivity (Wildman–Crippen MR) is 102 cm³/mol. The van der Waals surface area contributed by atoms with E-state index >= 15 is 0 Å². The monoisotopic (exact) mass is 346 g/mol. The van der Waals surface area contributed by atoms with E-state index in [-0.39, 0.29) is 0 Å². The highest BCUT2D eigenvalue weighted by atomic mass is 32.1. The van der Waals surface area contributed by atoms with Crippen molar-refractivity contribution in [3.8, 4) is 0 Å². The first kappa shape index (κ1) is 16.4. The Bertz CT molecular complexity index is 604. The fourth-order valence-corrected chi connectivity index (χ4v) is 5.44. The molecule has 1 unspecified atom stereocenters. The molecule has 1 saturated heterocycles. The second-order valence-corrected chi connectivity index (χ2v) is 8.89. The average Bonchev–Trinajstić information content (AvgIpc) is 3.21. The number of rotatable bonds is 3. The maximum Gasteiger partial charge on any atom is 0.193 e. The number of fused-ring (bicyclic) bond motifs is 1. The molecule has 0 aromatic carbocycles. The summed E-state index contributed by atoms with van der Waals surface area (Å²) in [5.41, 5.74) is 2.17. The number of nitrogens with one attached hydrogen (secondary N) is 1. The summed E-state index contributed by atoms with van der Waals surface area (Å²) in [7, 11) is 1.93. The van der Waals surface area contributed by atoms with Crippen molar-refractivity contribution in [2.75, 3.05) is 33.2 Å². The molecule has 1 aromatic heterocycles. The summed E-state index contributed by atoms with van der Waals surface area (Å²) >= 11 is 1.92. The topological polar surface area (TPSA) is 30.9 Å². The second kappa shape index (κ2) is 6.68. The van der Waals surface area contributed by atoms with Crippen molar-refractivity contribution in [1.29, 1.82) is 0 Å². The molecule has 0 radical (unpaired) electrons. The van der Waals surface area contributed by atoms with Gasteiger partial charge < -0.3 is 10.2 Å². The van der Waals surface area contributed by atoms with Crippen LogP contribution in [0.15, 0.2) is 16.4 Å². The van der Waals surface area contributed by atoms with E-state index in [0.29, 0.717) is 11.5 Å². The van der Waals surface area contributed by atoms with Crippen LogP contribution in [-0.4, -0.2) is 55.0 Å². The van der Waals surface area contributed by atoms with Gasteiger partial charge in [0.1, 0.15) is 0 Å². The van der Waals surface area contributed by atoms with Crippen molar-refractivity contribution in [3.63, 3.8) is 0 Å². The molecule has 1 aromatic rings. The van der Waals surface area contributed by atoms with Crippen LogP contribution < -0.4 is 5.32 Å². The molecule has 0 amide bonds. The van der Waals surface area contributed by atoms with E-state index in [0.717, 1.165) is 19.0 Å². The Morgan fingerprint density at radius 1 is 1.38 bits per heavy atom. The van der Waals surface area contributed by atoms with Crippen LogP contribution in [-0.2, 0) is 13.0 Å². The summed E-state index contributed by atoms with van der Waals surface area (Å²) < 4.78 is 0. The molecule has 1 atom stereocenters. The van der Waals surface area contributed by atoms with Crippen molar-refractivity contribution in [3.05, 3.63) is 21.9 Å². The van der Waals surface area contributed by atoms with Crippen molar-refractivity contribution >= 4 is 17.3 Å². The van der Waals surface area contributed by atoms with Crippen LogP contribution in [0.2, 0.25) is 0 Å². The smallest absolute Gasteiger partial charge is 0.193 e. The first-order valence-electron chi connectivity index (χ1n) is 9.44. The van der Waals surface area contributed by atoms with Gasteiger partial charge in [0, 0.05) is 50.7 Å². The quantitative estimate of drug-likeness (QED) is 0.674. The maximum absolute atomic E-state index is 4.55. The first-order valence-corrected chi connectivity index (χ1v) is 10.3. The van der Waals surface area contributed by atoms with Gasteiger partial charge in [0.15, 0.2) is 5.96 Å². The standard InChI is InChI=1S/C19H30N4S/c1-15(22-9-4-17-16(13-22)5-11-24-17)12-21-18(20-2)23-10-8-19(14-23)6-3-7-19/h5,11,15H,3-4,6-10,12-14H2,1-2H3,(H,20,21). The number of hydrogen-bond donors (Lipinski definition) is 1. The fourth-order valence-electron chi connectivity index (χ4n) is 4.55. The number of hydrogen-bond acceptors (Lipinski definition) is 3. The van der Waals surface area contributed by atoms with Gasteiger partial charge in [-0.1, -0.05) is 6.42 Å². The Morgan fingerprint density at radius 2 is 2.25 bits per heavy atom. The molecule has 1 aliphatic carbocycles. The first-order chi connectivity index (χ1) is 11.7. The largest absolute Gasteiger partial charge is 0.355 e. The second-order valence-electron chi connectivity index (χ2n) is 7.89. The summed E-state index contributed by atoms with van der Waals surface area (Å²) in [6.45, 7) is 8.00. The van der Waals surface area contributed by atoms with Gasteiger partial charge in [0.05, 0.1) is 0 Å². The zero-order valence-corrected chi connectivity index (χ0v) is 15.9. The van der Waals surface area contributed by atoms with Gasteiger partial charge >= 0.3 is 0 Å². The van der Waals surface area contributed by atoms with Crippen LogP contribution in [0.4, 0.5) is 0 Å². The molecule has 2 fully saturated rings. The van der Waals surface area contributed by atoms with Gasteiger partial charge in [0.2, 0.25) is 0 Å². The summed E-state index contributed by atoms with van der Waals surface area (Å²) in [6, 6.07) is 2.84. The molecular formula is C19H30N4S. The lowest BCUT2D eigenvalue weighted by Crippen LogP contribution is -2.48. The van der Waals surface area contributed by atoms with Crippen LogP contribution in [0.5, 0.6) is 0 Å². The molecule has 3 heterocycles. The highest BCUT2D eigenvalue weighted by molar-refractivity contribution is 7.10. The number of aliphatic imine (C=N–C) groups is 1. The number of thiophene rings is 1. The summed E-state index contributed by atoms with van der Waals surface area (Å²) in [5.74, 6) is 1.11.